The Labute approximate surface area is 79.7 Å². The molecule has 0 aromatic carbocycles. The zero-order chi connectivity index (χ0) is 10.5. The van der Waals surface area contributed by atoms with Gasteiger partial charge in [0.1, 0.15) is 5.60 Å². The first-order chi connectivity index (χ1) is 5.90. The van der Waals surface area contributed by atoms with Crippen LogP contribution in [0.4, 0.5) is 0 Å². The summed E-state index contributed by atoms with van der Waals surface area (Å²) in [6, 6.07) is 0. The van der Waals surface area contributed by atoms with Gasteiger partial charge >= 0.3 is 5.97 Å². The van der Waals surface area contributed by atoms with Crippen LogP contribution < -0.4 is 0 Å². The Bertz CT molecular complexity index is 199. The van der Waals surface area contributed by atoms with E-state index in [9.17, 15) is 4.79 Å². The number of ether oxygens (including phenoxy) is 2. The summed E-state index contributed by atoms with van der Waals surface area (Å²) < 4.78 is 9.92. The maximum absolute atomic E-state index is 11.4. The highest BCUT2D eigenvalue weighted by Crippen LogP contribution is 2.12. The highest BCUT2D eigenvalue weighted by molar-refractivity contribution is 5.88. The summed E-state index contributed by atoms with van der Waals surface area (Å²) in [5, 5.41) is 0. The van der Waals surface area contributed by atoms with Crippen LogP contribution in [0.15, 0.2) is 11.8 Å². The molecule has 76 valence electrons. The fourth-order valence-corrected chi connectivity index (χ4v) is 0.762. The predicted octanol–water partition coefficient (Wildman–Crippen LogP) is 2.27. The van der Waals surface area contributed by atoms with Crippen LogP contribution in [-0.4, -0.2) is 18.7 Å². The number of methoxy groups -OCH3 is 1. The summed E-state index contributed by atoms with van der Waals surface area (Å²) in [6.45, 7) is 7.40. The molecule has 0 atom stereocenters. The number of carbonyl (C=O) groups excluding carboxylic acids is 1. The van der Waals surface area contributed by atoms with Crippen molar-refractivity contribution in [3.05, 3.63) is 11.8 Å². The van der Waals surface area contributed by atoms with Gasteiger partial charge in [-0.05, 0) is 27.2 Å². The van der Waals surface area contributed by atoms with Crippen molar-refractivity contribution in [1.29, 1.82) is 0 Å². The topological polar surface area (TPSA) is 35.5 Å². The smallest absolute Gasteiger partial charge is 0.337 e. The molecule has 3 heteroatoms. The number of rotatable bonds is 3. The van der Waals surface area contributed by atoms with Crippen LogP contribution in [0.2, 0.25) is 0 Å². The maximum Gasteiger partial charge on any atom is 0.337 e. The number of carbonyl (C=O) groups is 1. The van der Waals surface area contributed by atoms with Gasteiger partial charge in [0.15, 0.2) is 0 Å². The Kier molecular flexibility index (Phi) is 4.52. The molecule has 0 aliphatic rings. The fourth-order valence-electron chi connectivity index (χ4n) is 0.762. The van der Waals surface area contributed by atoms with Crippen molar-refractivity contribution in [3.8, 4) is 0 Å². The van der Waals surface area contributed by atoms with E-state index in [-0.39, 0.29) is 5.97 Å². The molecule has 0 aromatic rings. The zero-order valence-electron chi connectivity index (χ0n) is 9.01. The highest BCUT2D eigenvalue weighted by Gasteiger charge is 2.18. The normalized spacial score (nSPS) is 12.5. The second kappa shape index (κ2) is 4.90. The predicted molar refractivity (Wildman–Crippen MR) is 51.2 cm³/mol. The third kappa shape index (κ3) is 5.28. The van der Waals surface area contributed by atoms with Gasteiger partial charge in [0.05, 0.1) is 18.9 Å². The summed E-state index contributed by atoms with van der Waals surface area (Å²) in [6.07, 6.45) is 2.04. The van der Waals surface area contributed by atoms with Crippen LogP contribution in [0.5, 0.6) is 0 Å². The maximum atomic E-state index is 11.4. The molecular formula is C10H18O3. The second-order valence-corrected chi connectivity index (χ2v) is 3.73. The molecule has 0 rings (SSSR count). The molecule has 0 amide bonds. The molecule has 0 aliphatic heterocycles. The van der Waals surface area contributed by atoms with Crippen molar-refractivity contribution in [3.63, 3.8) is 0 Å². The third-order valence-corrected chi connectivity index (χ3v) is 1.30. The van der Waals surface area contributed by atoms with E-state index >= 15 is 0 Å². The first kappa shape index (κ1) is 12.0. The minimum Gasteiger partial charge on any atom is -0.504 e. The zero-order valence-corrected chi connectivity index (χ0v) is 9.01. The van der Waals surface area contributed by atoms with Gasteiger partial charge in [-0.3, -0.25) is 0 Å². The molecule has 0 radical (unpaired) electrons. The average Bonchev–Trinajstić information content (AvgIpc) is 1.96. The molecule has 0 fully saturated rings. The van der Waals surface area contributed by atoms with Gasteiger partial charge in [0.2, 0.25) is 0 Å². The Morgan fingerprint density at radius 2 is 1.92 bits per heavy atom. The fraction of sp³-hybridized carbons (Fsp3) is 0.700. The second-order valence-electron chi connectivity index (χ2n) is 3.73. The van der Waals surface area contributed by atoms with Crippen LogP contribution >= 0.6 is 0 Å². The summed E-state index contributed by atoms with van der Waals surface area (Å²) in [5.41, 5.74) is 0.108. The van der Waals surface area contributed by atoms with Gasteiger partial charge in [-0.25, -0.2) is 4.79 Å². The highest BCUT2D eigenvalue weighted by atomic mass is 16.6. The lowest BCUT2D eigenvalue weighted by atomic mass is 10.2. The van der Waals surface area contributed by atoms with Crippen LogP contribution in [0.25, 0.3) is 0 Å². The Balaban J connectivity index is 4.32. The summed E-state index contributed by atoms with van der Waals surface area (Å²) in [7, 11) is 1.51. The quantitative estimate of drug-likeness (QED) is 0.385. The van der Waals surface area contributed by atoms with Crippen LogP contribution in [-0.2, 0) is 14.3 Å². The van der Waals surface area contributed by atoms with E-state index < -0.39 is 5.60 Å². The van der Waals surface area contributed by atoms with E-state index in [1.54, 1.807) is 0 Å². The first-order valence-corrected chi connectivity index (χ1v) is 4.36. The molecule has 0 bridgehead atoms. The molecule has 0 saturated heterocycles. The van der Waals surface area contributed by atoms with Crippen LogP contribution in [0, 0.1) is 0 Å². The largest absolute Gasteiger partial charge is 0.504 e. The minimum atomic E-state index is -0.445. The molecule has 0 heterocycles. The molecule has 0 unspecified atom stereocenters. The lowest BCUT2D eigenvalue weighted by Gasteiger charge is -2.19. The van der Waals surface area contributed by atoms with Gasteiger partial charge in [-0.15, -0.1) is 0 Å². The Morgan fingerprint density at radius 3 is 2.23 bits per heavy atom. The molecule has 3 nitrogen and oxygen atoms in total. The molecule has 0 aliphatic carbocycles. The van der Waals surface area contributed by atoms with E-state index in [1.807, 2.05) is 27.7 Å². The number of hydrogen-bond acceptors (Lipinski definition) is 3. The van der Waals surface area contributed by atoms with E-state index in [0.29, 0.717) is 12.0 Å². The standard InChI is InChI=1S/C10H18O3/c1-6-8(7-12-5)9(11)13-10(2,3)4/h7H,6H2,1-5H3. The summed E-state index contributed by atoms with van der Waals surface area (Å²) in [5.74, 6) is -0.308. The van der Waals surface area contributed by atoms with Crippen LogP contribution in [0.3, 0.4) is 0 Å². The minimum absolute atomic E-state index is 0.308. The van der Waals surface area contributed by atoms with Gasteiger partial charge in [0, 0.05) is 0 Å². The molecule has 0 aromatic heterocycles. The van der Waals surface area contributed by atoms with Gasteiger partial charge in [-0.2, -0.15) is 0 Å². The molecule has 0 saturated carbocycles. The van der Waals surface area contributed by atoms with Gasteiger partial charge in [-0.1, -0.05) is 6.92 Å². The SMILES string of the molecule is CCC(=COC)C(=O)OC(C)(C)C. The average molecular weight is 186 g/mol. The van der Waals surface area contributed by atoms with Gasteiger partial charge in [0.25, 0.3) is 0 Å². The van der Waals surface area contributed by atoms with Crippen LogP contribution in [0.1, 0.15) is 34.1 Å². The first-order valence-electron chi connectivity index (χ1n) is 4.36. The summed E-state index contributed by atoms with van der Waals surface area (Å²) in [4.78, 5) is 11.4. The van der Waals surface area contributed by atoms with Gasteiger partial charge < -0.3 is 9.47 Å². The van der Waals surface area contributed by atoms with E-state index in [1.165, 1.54) is 13.4 Å². The lowest BCUT2D eigenvalue weighted by molar-refractivity contribution is -0.150. The molecular weight excluding hydrogens is 168 g/mol. The third-order valence-electron chi connectivity index (χ3n) is 1.30. The van der Waals surface area contributed by atoms with Crippen molar-refractivity contribution in [2.45, 2.75) is 39.7 Å². The van der Waals surface area contributed by atoms with E-state index in [0.717, 1.165) is 0 Å². The van der Waals surface area contributed by atoms with Crippen molar-refractivity contribution in [2.75, 3.05) is 7.11 Å². The van der Waals surface area contributed by atoms with Crippen molar-refractivity contribution >= 4 is 5.97 Å². The monoisotopic (exact) mass is 186 g/mol. The Hall–Kier alpha value is -0.990. The van der Waals surface area contributed by atoms with Crippen molar-refractivity contribution in [2.24, 2.45) is 0 Å². The number of hydrogen-bond donors (Lipinski definition) is 0. The van der Waals surface area contributed by atoms with Crippen molar-refractivity contribution in [1.82, 2.24) is 0 Å². The van der Waals surface area contributed by atoms with Crippen molar-refractivity contribution < 1.29 is 14.3 Å². The molecule has 0 N–H and O–H groups in total. The Morgan fingerprint density at radius 1 is 1.38 bits per heavy atom. The molecule has 13 heavy (non-hydrogen) atoms. The lowest BCUT2D eigenvalue weighted by Crippen LogP contribution is -2.24. The summed E-state index contributed by atoms with van der Waals surface area (Å²) >= 11 is 0. The number of esters is 1. The van der Waals surface area contributed by atoms with E-state index in [4.69, 9.17) is 9.47 Å². The molecule has 0 spiro atoms. The van der Waals surface area contributed by atoms with E-state index in [2.05, 4.69) is 0 Å².